The van der Waals surface area contributed by atoms with Gasteiger partial charge in [0.2, 0.25) is 0 Å². The summed E-state index contributed by atoms with van der Waals surface area (Å²) in [7, 11) is 0. The fourth-order valence-corrected chi connectivity index (χ4v) is 2.90. The molecule has 2 rings (SSSR count). The molecule has 0 aromatic heterocycles. The number of rotatable bonds is 2. The molecule has 2 aliphatic rings. The van der Waals surface area contributed by atoms with Gasteiger partial charge in [-0.15, -0.1) is 0 Å². The number of ether oxygens (including phenoxy) is 1. The minimum atomic E-state index is -0.538. The van der Waals surface area contributed by atoms with Crippen molar-refractivity contribution in [2.24, 2.45) is 5.92 Å². The molecule has 2 nitrogen and oxygen atoms in total. The lowest BCUT2D eigenvalue weighted by molar-refractivity contribution is -0.0184. The van der Waals surface area contributed by atoms with E-state index in [1.54, 1.807) is 6.26 Å². The van der Waals surface area contributed by atoms with Crippen LogP contribution in [0.15, 0.2) is 11.8 Å². The standard InChI is InChI=1S/C12H20O2/c1-2-10-5-3-4-7-12(10,13)11-6-8-14-9-11/h9-10,13H,2-8H2,1H3. The van der Waals surface area contributed by atoms with Crippen molar-refractivity contribution in [2.45, 2.75) is 51.0 Å². The first kappa shape index (κ1) is 10.0. The van der Waals surface area contributed by atoms with Crippen LogP contribution < -0.4 is 0 Å². The average molecular weight is 196 g/mol. The Bertz CT molecular complexity index is 234. The van der Waals surface area contributed by atoms with Crippen molar-refractivity contribution in [1.29, 1.82) is 0 Å². The third-order valence-corrected chi connectivity index (χ3v) is 3.80. The van der Waals surface area contributed by atoms with E-state index < -0.39 is 5.60 Å². The molecule has 0 bridgehead atoms. The van der Waals surface area contributed by atoms with Crippen molar-refractivity contribution in [3.8, 4) is 0 Å². The quantitative estimate of drug-likeness (QED) is 0.735. The number of hydrogen-bond donors (Lipinski definition) is 1. The normalized spacial score (nSPS) is 37.9. The maximum atomic E-state index is 10.7. The van der Waals surface area contributed by atoms with E-state index in [1.807, 2.05) is 0 Å². The lowest BCUT2D eigenvalue weighted by Crippen LogP contribution is -2.41. The van der Waals surface area contributed by atoms with Crippen LogP contribution in [0.25, 0.3) is 0 Å². The molecule has 0 aromatic carbocycles. The summed E-state index contributed by atoms with van der Waals surface area (Å²) in [6.07, 6.45) is 8.33. The molecule has 80 valence electrons. The molecule has 14 heavy (non-hydrogen) atoms. The summed E-state index contributed by atoms with van der Waals surface area (Å²) in [6, 6.07) is 0. The van der Waals surface area contributed by atoms with Gasteiger partial charge in [0.05, 0.1) is 18.5 Å². The molecule has 2 heteroatoms. The van der Waals surface area contributed by atoms with Gasteiger partial charge in [-0.1, -0.05) is 26.2 Å². The molecule has 0 spiro atoms. The summed E-state index contributed by atoms with van der Waals surface area (Å²) in [5.41, 5.74) is 0.604. The molecule has 2 atom stereocenters. The first-order valence-corrected chi connectivity index (χ1v) is 5.81. The van der Waals surface area contributed by atoms with Gasteiger partial charge in [0, 0.05) is 6.42 Å². The molecular weight excluding hydrogens is 176 g/mol. The summed E-state index contributed by atoms with van der Waals surface area (Å²) in [5.74, 6) is 0.448. The first-order valence-electron chi connectivity index (χ1n) is 5.81. The molecule has 1 heterocycles. The Kier molecular flexibility index (Phi) is 2.82. The Morgan fingerprint density at radius 1 is 1.57 bits per heavy atom. The Balaban J connectivity index is 2.17. The van der Waals surface area contributed by atoms with Gasteiger partial charge >= 0.3 is 0 Å². The zero-order valence-electron chi connectivity index (χ0n) is 8.96. The van der Waals surface area contributed by atoms with E-state index in [0.29, 0.717) is 5.92 Å². The van der Waals surface area contributed by atoms with Crippen molar-refractivity contribution in [3.05, 3.63) is 11.8 Å². The molecule has 0 saturated heterocycles. The molecular formula is C12H20O2. The minimum absolute atomic E-state index is 0.448. The molecule has 1 fully saturated rings. The Morgan fingerprint density at radius 2 is 2.43 bits per heavy atom. The van der Waals surface area contributed by atoms with Gasteiger partial charge in [-0.3, -0.25) is 0 Å². The van der Waals surface area contributed by atoms with Crippen LogP contribution in [-0.2, 0) is 4.74 Å². The van der Waals surface area contributed by atoms with E-state index in [2.05, 4.69) is 6.92 Å². The lowest BCUT2D eigenvalue weighted by atomic mass is 9.70. The van der Waals surface area contributed by atoms with Crippen LogP contribution in [0.4, 0.5) is 0 Å². The topological polar surface area (TPSA) is 29.5 Å². The van der Waals surface area contributed by atoms with Gasteiger partial charge in [0.1, 0.15) is 0 Å². The fourth-order valence-electron chi connectivity index (χ4n) is 2.90. The van der Waals surface area contributed by atoms with E-state index in [0.717, 1.165) is 37.9 Å². The molecule has 1 saturated carbocycles. The van der Waals surface area contributed by atoms with Crippen molar-refractivity contribution in [3.63, 3.8) is 0 Å². The minimum Gasteiger partial charge on any atom is -0.501 e. The van der Waals surface area contributed by atoms with Crippen LogP contribution in [0.5, 0.6) is 0 Å². The van der Waals surface area contributed by atoms with Crippen molar-refractivity contribution < 1.29 is 9.84 Å². The summed E-state index contributed by atoms with van der Waals surface area (Å²) in [4.78, 5) is 0. The second-order valence-electron chi connectivity index (χ2n) is 4.54. The maximum Gasteiger partial charge on any atom is 0.0918 e. The molecule has 2 unspecified atom stereocenters. The summed E-state index contributed by atoms with van der Waals surface area (Å²) >= 11 is 0. The molecule has 0 radical (unpaired) electrons. The van der Waals surface area contributed by atoms with E-state index in [9.17, 15) is 5.11 Å². The molecule has 1 aliphatic heterocycles. The number of hydrogen-bond acceptors (Lipinski definition) is 2. The second-order valence-corrected chi connectivity index (χ2v) is 4.54. The Hall–Kier alpha value is -0.500. The van der Waals surface area contributed by atoms with Crippen LogP contribution in [0.2, 0.25) is 0 Å². The highest BCUT2D eigenvalue weighted by Gasteiger charge is 2.41. The smallest absolute Gasteiger partial charge is 0.0918 e. The highest BCUT2D eigenvalue weighted by Crippen LogP contribution is 2.42. The predicted molar refractivity (Wildman–Crippen MR) is 55.9 cm³/mol. The predicted octanol–water partition coefficient (Wildman–Crippen LogP) is 2.62. The maximum absolute atomic E-state index is 10.7. The first-order chi connectivity index (χ1) is 6.77. The fraction of sp³-hybridized carbons (Fsp3) is 0.833. The van der Waals surface area contributed by atoms with Gasteiger partial charge < -0.3 is 9.84 Å². The van der Waals surface area contributed by atoms with E-state index in [1.165, 1.54) is 12.8 Å². The summed E-state index contributed by atoms with van der Waals surface area (Å²) < 4.78 is 5.25. The molecule has 0 amide bonds. The molecule has 0 aromatic rings. The van der Waals surface area contributed by atoms with Gasteiger partial charge in [-0.05, 0) is 24.3 Å². The SMILES string of the molecule is CCC1CCCCC1(O)C1=COCC1. The zero-order chi connectivity index (χ0) is 10.0. The molecule has 1 aliphatic carbocycles. The summed E-state index contributed by atoms with van der Waals surface area (Å²) in [5, 5.41) is 10.7. The van der Waals surface area contributed by atoms with E-state index in [4.69, 9.17) is 4.74 Å². The van der Waals surface area contributed by atoms with Gasteiger partial charge in [0.15, 0.2) is 0 Å². The van der Waals surface area contributed by atoms with Crippen LogP contribution in [0, 0.1) is 5.92 Å². The Morgan fingerprint density at radius 3 is 3.07 bits per heavy atom. The van der Waals surface area contributed by atoms with Crippen LogP contribution in [-0.4, -0.2) is 17.3 Å². The number of aliphatic hydroxyl groups is 1. The van der Waals surface area contributed by atoms with E-state index in [-0.39, 0.29) is 0 Å². The second kappa shape index (κ2) is 3.93. The third kappa shape index (κ3) is 1.56. The Labute approximate surface area is 86.0 Å². The largest absolute Gasteiger partial charge is 0.501 e. The third-order valence-electron chi connectivity index (χ3n) is 3.80. The molecule has 1 N–H and O–H groups in total. The summed E-state index contributed by atoms with van der Waals surface area (Å²) in [6.45, 7) is 2.94. The van der Waals surface area contributed by atoms with Gasteiger partial charge in [-0.2, -0.15) is 0 Å². The van der Waals surface area contributed by atoms with E-state index >= 15 is 0 Å². The van der Waals surface area contributed by atoms with Crippen molar-refractivity contribution in [1.82, 2.24) is 0 Å². The van der Waals surface area contributed by atoms with Crippen LogP contribution in [0.1, 0.15) is 45.4 Å². The highest BCUT2D eigenvalue weighted by atomic mass is 16.5. The lowest BCUT2D eigenvalue weighted by Gasteiger charge is -2.40. The van der Waals surface area contributed by atoms with Crippen molar-refractivity contribution in [2.75, 3.05) is 6.61 Å². The van der Waals surface area contributed by atoms with Gasteiger partial charge in [-0.25, -0.2) is 0 Å². The average Bonchev–Trinajstić information content (AvgIpc) is 2.72. The monoisotopic (exact) mass is 196 g/mol. The van der Waals surface area contributed by atoms with Crippen LogP contribution >= 0.6 is 0 Å². The van der Waals surface area contributed by atoms with Gasteiger partial charge in [0.25, 0.3) is 0 Å². The zero-order valence-corrected chi connectivity index (χ0v) is 8.96. The van der Waals surface area contributed by atoms with Crippen molar-refractivity contribution >= 4 is 0 Å². The highest BCUT2D eigenvalue weighted by molar-refractivity contribution is 5.20. The van der Waals surface area contributed by atoms with Crippen LogP contribution in [0.3, 0.4) is 0 Å².